The summed E-state index contributed by atoms with van der Waals surface area (Å²) in [5.74, 6) is -0.876. The average Bonchev–Trinajstić information content (AvgIpc) is 3.19. The highest BCUT2D eigenvalue weighted by atomic mass is 31.2. The fraction of sp³-hybridized carbons (Fsp3) is 0.878. The Kier molecular flexibility index (Phi) is 40.8. The number of likely N-dealkylation sites (N-methyl/N-ethyl adjacent to an activating group) is 1. The van der Waals surface area contributed by atoms with E-state index in [9.17, 15) is 19.0 Å². The normalized spacial score (nSPS) is 13.7. The van der Waals surface area contributed by atoms with Gasteiger partial charge < -0.3 is 27.9 Å². The lowest BCUT2D eigenvalue weighted by molar-refractivity contribution is -0.870. The van der Waals surface area contributed by atoms with Crippen molar-refractivity contribution in [2.45, 2.75) is 232 Å². The first-order valence-electron chi connectivity index (χ1n) is 24.5. The smallest absolute Gasteiger partial charge is 0.306 e. The Morgan fingerprint density at radius 3 is 1.39 bits per heavy atom. The number of unbranched alkanes of at least 4 members (excludes halogenated alkanes) is 27. The molecule has 0 aromatic heterocycles. The lowest BCUT2D eigenvalue weighted by Crippen LogP contribution is -2.37. The molecule has 0 heterocycles. The first-order valence-corrected chi connectivity index (χ1v) is 26.0. The van der Waals surface area contributed by atoms with Gasteiger partial charge >= 0.3 is 11.9 Å². The van der Waals surface area contributed by atoms with Gasteiger partial charge in [0.2, 0.25) is 0 Å². The topological polar surface area (TPSA) is 111 Å². The summed E-state index contributed by atoms with van der Waals surface area (Å²) in [6, 6.07) is 0. The summed E-state index contributed by atoms with van der Waals surface area (Å²) < 4.78 is 33.9. The third-order valence-electron chi connectivity index (χ3n) is 10.7. The molecule has 59 heavy (non-hydrogen) atoms. The van der Waals surface area contributed by atoms with E-state index in [2.05, 4.69) is 38.2 Å². The van der Waals surface area contributed by atoms with Crippen molar-refractivity contribution in [3.05, 3.63) is 24.3 Å². The number of allylic oxidation sites excluding steroid dienone is 4. The summed E-state index contributed by atoms with van der Waals surface area (Å²) in [5.41, 5.74) is 0. The molecule has 2 atom stereocenters. The zero-order valence-electron chi connectivity index (χ0n) is 39.2. The summed E-state index contributed by atoms with van der Waals surface area (Å²) >= 11 is 0. The third kappa shape index (κ3) is 45.8. The number of rotatable bonds is 45. The Morgan fingerprint density at radius 2 is 0.932 bits per heavy atom. The van der Waals surface area contributed by atoms with Crippen molar-refractivity contribution in [2.75, 3.05) is 47.5 Å². The standard InChI is InChI=1S/C49H94NO8P/c1-6-8-10-12-14-16-18-20-22-24-26-27-29-31-33-35-37-39-41-48(51)55-45-47(46-57-59(53,54)56-44-43-50(3,4)5)58-49(52)42-40-38-36-34-32-30-28-25-23-21-19-17-15-13-11-9-7-2/h28,30,34,36,47H,6-27,29,31-33,35,37-46H2,1-5H3/b30-28+,36-34+/t47-/m1/s1. The molecule has 0 N–H and O–H groups in total. The molecule has 0 fully saturated rings. The predicted molar refractivity (Wildman–Crippen MR) is 245 cm³/mol. The molecule has 0 aliphatic carbocycles. The van der Waals surface area contributed by atoms with Crippen molar-refractivity contribution < 1.29 is 42.1 Å². The van der Waals surface area contributed by atoms with Crippen molar-refractivity contribution in [2.24, 2.45) is 0 Å². The number of carbonyl (C=O) groups excluding carboxylic acids is 2. The van der Waals surface area contributed by atoms with E-state index < -0.39 is 26.5 Å². The molecule has 0 saturated heterocycles. The van der Waals surface area contributed by atoms with Crippen molar-refractivity contribution in [3.63, 3.8) is 0 Å². The van der Waals surface area contributed by atoms with Crippen molar-refractivity contribution in [3.8, 4) is 0 Å². The minimum absolute atomic E-state index is 0.0360. The second-order valence-electron chi connectivity index (χ2n) is 17.8. The maximum absolute atomic E-state index is 12.7. The number of quaternary nitrogens is 1. The molecule has 0 aromatic rings. The molecule has 1 unspecified atom stereocenters. The second-order valence-corrected chi connectivity index (χ2v) is 19.2. The molecule has 0 amide bonds. The maximum Gasteiger partial charge on any atom is 0.306 e. The van der Waals surface area contributed by atoms with E-state index in [0.29, 0.717) is 17.4 Å². The van der Waals surface area contributed by atoms with Crippen LogP contribution in [0.2, 0.25) is 0 Å². The van der Waals surface area contributed by atoms with Gasteiger partial charge in [-0.1, -0.05) is 199 Å². The SMILES string of the molecule is CCCCCCCCCCC/C=C/C/C=C/CCCC(=O)O[C@H](COC(=O)CCCCCCCCCCCCCCCCCCCC)COP(=O)([O-])OCC[N+](C)(C)C. The maximum atomic E-state index is 12.7. The van der Waals surface area contributed by atoms with Crippen molar-refractivity contribution >= 4 is 19.8 Å². The van der Waals surface area contributed by atoms with Crippen LogP contribution in [0.5, 0.6) is 0 Å². The van der Waals surface area contributed by atoms with Crippen LogP contribution in [-0.4, -0.2) is 70.0 Å². The van der Waals surface area contributed by atoms with Crippen LogP contribution in [0.3, 0.4) is 0 Å². The number of ether oxygens (including phenoxy) is 2. The van der Waals surface area contributed by atoms with Crippen molar-refractivity contribution in [1.29, 1.82) is 0 Å². The van der Waals surface area contributed by atoms with Gasteiger partial charge in [0, 0.05) is 12.8 Å². The quantitative estimate of drug-likeness (QED) is 0.0196. The monoisotopic (exact) mass is 856 g/mol. The van der Waals surface area contributed by atoms with Gasteiger partial charge in [-0.15, -0.1) is 0 Å². The first-order chi connectivity index (χ1) is 28.5. The van der Waals surface area contributed by atoms with Gasteiger partial charge in [-0.05, 0) is 38.5 Å². The molecule has 0 aliphatic heterocycles. The van der Waals surface area contributed by atoms with Crippen LogP contribution in [0.1, 0.15) is 226 Å². The van der Waals surface area contributed by atoms with Gasteiger partial charge in [-0.2, -0.15) is 0 Å². The molecular weight excluding hydrogens is 762 g/mol. The molecule has 9 nitrogen and oxygen atoms in total. The molecule has 0 spiro atoms. The van der Waals surface area contributed by atoms with Crippen LogP contribution in [0, 0.1) is 0 Å². The predicted octanol–water partition coefficient (Wildman–Crippen LogP) is 13.7. The highest BCUT2D eigenvalue weighted by molar-refractivity contribution is 7.45. The Balaban J connectivity index is 4.32. The van der Waals surface area contributed by atoms with Crippen LogP contribution in [0.25, 0.3) is 0 Å². The average molecular weight is 856 g/mol. The van der Waals surface area contributed by atoms with Gasteiger partial charge in [0.15, 0.2) is 6.10 Å². The number of phosphoric acid groups is 1. The molecule has 0 saturated carbocycles. The molecular formula is C49H94NO8P. The number of hydrogen-bond acceptors (Lipinski definition) is 8. The van der Waals surface area contributed by atoms with E-state index in [-0.39, 0.29) is 32.0 Å². The summed E-state index contributed by atoms with van der Waals surface area (Å²) in [7, 11) is 1.15. The fourth-order valence-corrected chi connectivity index (χ4v) is 7.60. The number of phosphoric ester groups is 1. The Morgan fingerprint density at radius 1 is 0.525 bits per heavy atom. The minimum atomic E-state index is -4.63. The van der Waals surface area contributed by atoms with Gasteiger partial charge in [-0.3, -0.25) is 14.2 Å². The van der Waals surface area contributed by atoms with E-state index in [4.69, 9.17) is 18.5 Å². The van der Waals surface area contributed by atoms with E-state index in [1.165, 1.54) is 154 Å². The van der Waals surface area contributed by atoms with Gasteiger partial charge in [0.05, 0.1) is 27.7 Å². The van der Waals surface area contributed by atoms with Crippen molar-refractivity contribution in [1.82, 2.24) is 0 Å². The summed E-state index contributed by atoms with van der Waals surface area (Å²) in [5, 5.41) is 0. The number of esters is 2. The van der Waals surface area contributed by atoms with Gasteiger partial charge in [0.1, 0.15) is 19.8 Å². The number of carbonyl (C=O) groups is 2. The number of hydrogen-bond donors (Lipinski definition) is 0. The van der Waals surface area contributed by atoms with Crippen LogP contribution in [0.4, 0.5) is 0 Å². The van der Waals surface area contributed by atoms with E-state index in [1.807, 2.05) is 21.1 Å². The molecule has 0 radical (unpaired) electrons. The lowest BCUT2D eigenvalue weighted by atomic mass is 10.0. The minimum Gasteiger partial charge on any atom is -0.756 e. The molecule has 0 aliphatic rings. The Bertz CT molecular complexity index is 1060. The van der Waals surface area contributed by atoms with E-state index in [1.54, 1.807) is 0 Å². The molecule has 0 bridgehead atoms. The molecule has 0 rings (SSSR count). The molecule has 348 valence electrons. The highest BCUT2D eigenvalue weighted by Crippen LogP contribution is 2.38. The zero-order chi connectivity index (χ0) is 43.6. The summed E-state index contributed by atoms with van der Waals surface area (Å²) in [4.78, 5) is 37.6. The summed E-state index contributed by atoms with van der Waals surface area (Å²) in [6.45, 7) is 4.21. The molecule has 10 heteroatoms. The lowest BCUT2D eigenvalue weighted by Gasteiger charge is -2.28. The zero-order valence-corrected chi connectivity index (χ0v) is 40.1. The fourth-order valence-electron chi connectivity index (χ4n) is 6.87. The van der Waals surface area contributed by atoms with E-state index in [0.717, 1.165) is 38.5 Å². The van der Waals surface area contributed by atoms with E-state index >= 15 is 0 Å². The van der Waals surface area contributed by atoms with Crippen LogP contribution >= 0.6 is 7.82 Å². The third-order valence-corrected chi connectivity index (χ3v) is 11.7. The Hall–Kier alpha value is -1.51. The largest absolute Gasteiger partial charge is 0.756 e. The Labute approximate surface area is 364 Å². The molecule has 0 aromatic carbocycles. The highest BCUT2D eigenvalue weighted by Gasteiger charge is 2.21. The second kappa shape index (κ2) is 41.8. The van der Waals surface area contributed by atoms with Crippen LogP contribution < -0.4 is 4.89 Å². The van der Waals surface area contributed by atoms with Crippen LogP contribution in [-0.2, 0) is 32.7 Å². The van der Waals surface area contributed by atoms with Gasteiger partial charge in [-0.25, -0.2) is 0 Å². The van der Waals surface area contributed by atoms with Gasteiger partial charge in [0.25, 0.3) is 7.82 Å². The first kappa shape index (κ1) is 57.5. The number of nitrogens with zero attached hydrogens (tertiary/aromatic N) is 1. The van der Waals surface area contributed by atoms with Crippen LogP contribution in [0.15, 0.2) is 24.3 Å². The summed E-state index contributed by atoms with van der Waals surface area (Å²) in [6.07, 6.45) is 46.4.